The van der Waals surface area contributed by atoms with Gasteiger partial charge in [-0.25, -0.2) is 0 Å². The summed E-state index contributed by atoms with van der Waals surface area (Å²) >= 11 is 0. The fourth-order valence-corrected chi connectivity index (χ4v) is 12.6. The smallest absolute Gasteiger partial charge is 0.146 e. The average Bonchev–Trinajstić information content (AvgIpc) is 3.54. The van der Waals surface area contributed by atoms with Crippen molar-refractivity contribution in [1.82, 2.24) is 0 Å². The average molecular weight is 553 g/mol. The van der Waals surface area contributed by atoms with E-state index in [9.17, 15) is 0 Å². The van der Waals surface area contributed by atoms with E-state index in [1.807, 2.05) is 0 Å². The summed E-state index contributed by atoms with van der Waals surface area (Å²) < 4.78 is 11.9. The first-order valence-corrected chi connectivity index (χ1v) is 17.2. The molecule has 2 aliphatic rings. The van der Waals surface area contributed by atoms with Crippen LogP contribution in [0.4, 0.5) is 0 Å². The van der Waals surface area contributed by atoms with Gasteiger partial charge in [-0.3, -0.25) is 0 Å². The van der Waals surface area contributed by atoms with Crippen molar-refractivity contribution >= 4 is 37.1 Å². The van der Waals surface area contributed by atoms with Gasteiger partial charge >= 0.3 is 0 Å². The fourth-order valence-electron chi connectivity index (χ4n) is 7.09. The minimum atomic E-state index is -0.445. The molecule has 2 fully saturated rings. The summed E-state index contributed by atoms with van der Waals surface area (Å²) in [5, 5.41) is 5.96. The Kier molecular flexibility index (Phi) is 8.87. The van der Waals surface area contributed by atoms with Gasteiger partial charge in [0.15, 0.2) is 0 Å². The van der Waals surface area contributed by atoms with Crippen LogP contribution in [0.15, 0.2) is 121 Å². The zero-order chi connectivity index (χ0) is 26.4. The Bertz CT molecular complexity index is 1110. The van der Waals surface area contributed by atoms with E-state index in [0.717, 1.165) is 0 Å². The van der Waals surface area contributed by atoms with Gasteiger partial charge in [0.1, 0.15) is 6.79 Å². The number of benzene rings is 4. The van der Waals surface area contributed by atoms with Crippen molar-refractivity contribution in [3.05, 3.63) is 121 Å². The summed E-state index contributed by atoms with van der Waals surface area (Å²) in [5.74, 6) is 2.51. The van der Waals surface area contributed by atoms with Crippen LogP contribution in [0.5, 0.6) is 0 Å². The zero-order valence-corrected chi connectivity index (χ0v) is 24.5. The van der Waals surface area contributed by atoms with Crippen LogP contribution in [0.2, 0.25) is 0 Å². The molecule has 200 valence electrons. The molecule has 1 unspecified atom stereocenters. The highest BCUT2D eigenvalue weighted by atomic mass is 31.1. The van der Waals surface area contributed by atoms with E-state index in [1.165, 1.54) is 46.4 Å². The maximum atomic E-state index is 6.48. The molecule has 5 atom stereocenters. The maximum Gasteiger partial charge on any atom is 0.146 e. The minimum Gasteiger partial charge on any atom is -0.359 e. The predicted octanol–water partition coefficient (Wildman–Crippen LogP) is 6.51. The van der Waals surface area contributed by atoms with Crippen LogP contribution >= 0.6 is 15.8 Å². The van der Waals surface area contributed by atoms with Crippen LogP contribution < -0.4 is 21.2 Å². The third-order valence-corrected chi connectivity index (χ3v) is 14.0. The van der Waals surface area contributed by atoms with E-state index in [1.54, 1.807) is 7.11 Å². The second-order valence-corrected chi connectivity index (χ2v) is 15.3. The van der Waals surface area contributed by atoms with E-state index >= 15 is 0 Å². The van der Waals surface area contributed by atoms with Gasteiger partial charge in [-0.05, 0) is 85.9 Å². The summed E-state index contributed by atoms with van der Waals surface area (Å²) in [6.45, 7) is 0.398. The topological polar surface area (TPSA) is 18.5 Å². The number of fused-ring (bicyclic) bond motifs is 2. The van der Waals surface area contributed by atoms with E-state index in [0.29, 0.717) is 36.6 Å². The Morgan fingerprint density at radius 3 is 1.18 bits per heavy atom. The highest BCUT2D eigenvalue weighted by Gasteiger charge is 2.55. The van der Waals surface area contributed by atoms with Gasteiger partial charge in [-0.1, -0.05) is 121 Å². The quantitative estimate of drug-likeness (QED) is 0.156. The fraction of sp³-hybridized carbons (Fsp3) is 0.314. The number of hydrogen-bond donors (Lipinski definition) is 0. The van der Waals surface area contributed by atoms with Crippen molar-refractivity contribution in [2.45, 2.75) is 18.9 Å². The van der Waals surface area contributed by atoms with E-state index in [2.05, 4.69) is 121 Å². The molecule has 2 saturated carbocycles. The SMILES string of the molecule is COCOC1[C@H]2CC[C@@H]1[C@H](CP(c1ccccc1)c1ccccc1)[C@H]2CP(c1ccccc1)c1ccccc1. The highest BCUT2D eigenvalue weighted by Crippen LogP contribution is 2.59. The Morgan fingerprint density at radius 1 is 0.538 bits per heavy atom. The van der Waals surface area contributed by atoms with Crippen LogP contribution in [-0.4, -0.2) is 32.3 Å². The van der Waals surface area contributed by atoms with Gasteiger partial charge in [0.25, 0.3) is 0 Å². The lowest BCUT2D eigenvalue weighted by Crippen LogP contribution is -2.32. The van der Waals surface area contributed by atoms with Gasteiger partial charge in [-0.2, -0.15) is 0 Å². The molecular weight excluding hydrogens is 514 g/mol. The molecule has 4 aromatic rings. The van der Waals surface area contributed by atoms with Crippen LogP contribution in [-0.2, 0) is 9.47 Å². The van der Waals surface area contributed by atoms with Gasteiger partial charge in [0.05, 0.1) is 6.10 Å². The van der Waals surface area contributed by atoms with Crippen molar-refractivity contribution < 1.29 is 9.47 Å². The Balaban J connectivity index is 1.37. The molecule has 0 N–H and O–H groups in total. The monoisotopic (exact) mass is 552 g/mol. The van der Waals surface area contributed by atoms with E-state index in [4.69, 9.17) is 9.47 Å². The van der Waals surface area contributed by atoms with Crippen LogP contribution in [0.3, 0.4) is 0 Å². The standard InChI is InChI=1S/C35H38O2P2/c1-36-26-37-35-31-22-23-32(35)34(25-39(29-18-10-4-11-19-29)30-20-12-5-13-21-30)33(31)24-38(27-14-6-2-7-15-27)28-16-8-3-9-17-28/h2-21,31-35H,22-26H2,1H3/t31-,32+,33-,34-,35?/m0/s1. The Labute approximate surface area is 236 Å². The molecule has 0 amide bonds. The third-order valence-electron chi connectivity index (χ3n) is 8.76. The molecule has 4 heteroatoms. The summed E-state index contributed by atoms with van der Waals surface area (Å²) in [4.78, 5) is 0. The van der Waals surface area contributed by atoms with Gasteiger partial charge in [0, 0.05) is 7.11 Å². The first-order valence-electron chi connectivity index (χ1n) is 14.2. The van der Waals surface area contributed by atoms with Gasteiger partial charge in [-0.15, -0.1) is 0 Å². The van der Waals surface area contributed by atoms with Crippen molar-refractivity contribution in [3.8, 4) is 0 Å². The first kappa shape index (κ1) is 26.9. The molecule has 2 bridgehead atoms. The van der Waals surface area contributed by atoms with E-state index < -0.39 is 15.8 Å². The molecule has 4 aromatic carbocycles. The minimum absolute atomic E-state index is 0.312. The number of ether oxygens (including phenoxy) is 2. The van der Waals surface area contributed by atoms with Crippen LogP contribution in [0, 0.1) is 23.7 Å². The molecule has 0 saturated heterocycles. The van der Waals surface area contributed by atoms with Crippen molar-refractivity contribution in [2.24, 2.45) is 23.7 Å². The molecule has 0 aromatic heterocycles. The third kappa shape index (κ3) is 5.91. The Hall–Kier alpha value is -2.34. The lowest BCUT2D eigenvalue weighted by Gasteiger charge is -2.36. The van der Waals surface area contributed by atoms with E-state index in [-0.39, 0.29) is 0 Å². The molecule has 0 aliphatic heterocycles. The van der Waals surface area contributed by atoms with Crippen molar-refractivity contribution in [2.75, 3.05) is 26.2 Å². The summed E-state index contributed by atoms with van der Waals surface area (Å²) in [7, 11) is 0.859. The largest absolute Gasteiger partial charge is 0.359 e. The molecule has 2 aliphatic carbocycles. The number of hydrogen-bond acceptors (Lipinski definition) is 2. The second-order valence-electron chi connectivity index (χ2n) is 10.8. The zero-order valence-electron chi connectivity index (χ0n) is 22.7. The van der Waals surface area contributed by atoms with Gasteiger partial charge in [0.2, 0.25) is 0 Å². The normalized spacial score (nSPS) is 24.0. The number of methoxy groups -OCH3 is 1. The molecule has 6 rings (SSSR count). The van der Waals surface area contributed by atoms with Crippen molar-refractivity contribution in [3.63, 3.8) is 0 Å². The van der Waals surface area contributed by atoms with Crippen LogP contribution in [0.25, 0.3) is 0 Å². The molecule has 2 nitrogen and oxygen atoms in total. The molecule has 0 heterocycles. The molecule has 0 radical (unpaired) electrons. The van der Waals surface area contributed by atoms with Crippen molar-refractivity contribution in [1.29, 1.82) is 0 Å². The Morgan fingerprint density at radius 2 is 0.872 bits per heavy atom. The lowest BCUT2D eigenvalue weighted by atomic mass is 9.81. The summed E-state index contributed by atoms with van der Waals surface area (Å²) in [5.41, 5.74) is 0. The van der Waals surface area contributed by atoms with Gasteiger partial charge < -0.3 is 9.47 Å². The number of rotatable bonds is 11. The molecular formula is C35H38O2P2. The first-order chi connectivity index (χ1) is 19.3. The highest BCUT2D eigenvalue weighted by molar-refractivity contribution is 7.73. The summed E-state index contributed by atoms with van der Waals surface area (Å²) in [6, 6.07) is 45.0. The lowest BCUT2D eigenvalue weighted by molar-refractivity contribution is -0.0890. The molecule has 39 heavy (non-hydrogen) atoms. The summed E-state index contributed by atoms with van der Waals surface area (Å²) in [6.07, 6.45) is 5.33. The predicted molar refractivity (Wildman–Crippen MR) is 168 cm³/mol. The van der Waals surface area contributed by atoms with Crippen LogP contribution in [0.1, 0.15) is 12.8 Å². The molecule has 0 spiro atoms. The second kappa shape index (κ2) is 12.9. The maximum absolute atomic E-state index is 6.48.